The smallest absolute Gasteiger partial charge is 0.234 e. The number of ether oxygens (including phenoxy) is 1. The Balaban J connectivity index is 2.00. The first-order chi connectivity index (χ1) is 10.5. The van der Waals surface area contributed by atoms with Gasteiger partial charge in [-0.05, 0) is 49.2 Å². The van der Waals surface area contributed by atoms with Crippen molar-refractivity contribution in [1.29, 1.82) is 0 Å². The lowest BCUT2D eigenvalue weighted by Gasteiger charge is -2.11. The Kier molecular flexibility index (Phi) is 5.91. The molecule has 0 unspecified atom stereocenters. The van der Waals surface area contributed by atoms with Crippen LogP contribution < -0.4 is 10.1 Å². The van der Waals surface area contributed by atoms with E-state index in [9.17, 15) is 4.79 Å². The molecule has 0 radical (unpaired) electrons. The number of para-hydroxylation sites is 2. The van der Waals surface area contributed by atoms with E-state index in [0.29, 0.717) is 17.2 Å². The normalized spacial score (nSPS) is 10.4. The van der Waals surface area contributed by atoms with Crippen LogP contribution >= 0.6 is 27.7 Å². The predicted octanol–water partition coefficient (Wildman–Crippen LogP) is 4.81. The van der Waals surface area contributed by atoms with Gasteiger partial charge in [0.2, 0.25) is 5.91 Å². The van der Waals surface area contributed by atoms with Gasteiger partial charge in [-0.25, -0.2) is 0 Å². The average molecular weight is 380 g/mol. The molecule has 0 aliphatic rings. The highest BCUT2D eigenvalue weighted by Crippen LogP contribution is 2.29. The Bertz CT molecular complexity index is 688. The van der Waals surface area contributed by atoms with Crippen molar-refractivity contribution in [3.63, 3.8) is 0 Å². The average Bonchev–Trinajstić information content (AvgIpc) is 2.50. The number of amides is 1. The lowest BCUT2D eigenvalue weighted by atomic mass is 10.2. The molecular weight excluding hydrogens is 362 g/mol. The number of aryl methyl sites for hydroxylation is 2. The van der Waals surface area contributed by atoms with E-state index in [-0.39, 0.29) is 5.91 Å². The molecular formula is C17H18BrNO2S. The Labute approximate surface area is 143 Å². The van der Waals surface area contributed by atoms with Crippen LogP contribution in [0.4, 0.5) is 5.69 Å². The summed E-state index contributed by atoms with van der Waals surface area (Å²) in [5.74, 6) is 0.978. The highest BCUT2D eigenvalue weighted by atomic mass is 79.9. The molecule has 116 valence electrons. The summed E-state index contributed by atoms with van der Waals surface area (Å²) in [5, 5.41) is 2.88. The summed E-state index contributed by atoms with van der Waals surface area (Å²) in [7, 11) is 1.59. The lowest BCUT2D eigenvalue weighted by molar-refractivity contribution is -0.113. The fourth-order valence-electron chi connectivity index (χ4n) is 1.99. The minimum absolute atomic E-state index is 0.0468. The van der Waals surface area contributed by atoms with E-state index in [4.69, 9.17) is 4.74 Å². The van der Waals surface area contributed by atoms with E-state index in [1.54, 1.807) is 7.11 Å². The molecule has 0 spiro atoms. The molecule has 1 amide bonds. The number of rotatable bonds is 5. The van der Waals surface area contributed by atoms with Crippen molar-refractivity contribution >= 4 is 39.3 Å². The van der Waals surface area contributed by atoms with E-state index in [1.807, 2.05) is 38.1 Å². The molecule has 2 rings (SSSR count). The SMILES string of the molecule is COc1ccccc1NC(=O)CSc1cc(C)c(Br)cc1C. The van der Waals surface area contributed by atoms with Crippen LogP contribution in [0.5, 0.6) is 5.75 Å². The van der Waals surface area contributed by atoms with Crippen LogP contribution in [-0.4, -0.2) is 18.8 Å². The van der Waals surface area contributed by atoms with Gasteiger partial charge in [-0.15, -0.1) is 11.8 Å². The summed E-state index contributed by atoms with van der Waals surface area (Å²) in [6.45, 7) is 4.09. The van der Waals surface area contributed by atoms with Gasteiger partial charge in [0.05, 0.1) is 18.6 Å². The van der Waals surface area contributed by atoms with Gasteiger partial charge in [0.1, 0.15) is 5.75 Å². The van der Waals surface area contributed by atoms with Crippen LogP contribution in [-0.2, 0) is 4.79 Å². The first kappa shape index (κ1) is 16.9. The molecule has 0 heterocycles. The second-order valence-electron chi connectivity index (χ2n) is 4.90. The first-order valence-electron chi connectivity index (χ1n) is 6.83. The van der Waals surface area contributed by atoms with Gasteiger partial charge in [0.25, 0.3) is 0 Å². The summed E-state index contributed by atoms with van der Waals surface area (Å²) in [5.41, 5.74) is 3.02. The maximum absolute atomic E-state index is 12.1. The Morgan fingerprint density at radius 2 is 1.95 bits per heavy atom. The van der Waals surface area contributed by atoms with Crippen LogP contribution in [0.15, 0.2) is 45.8 Å². The van der Waals surface area contributed by atoms with E-state index in [2.05, 4.69) is 33.4 Å². The number of carbonyl (C=O) groups is 1. The molecule has 22 heavy (non-hydrogen) atoms. The molecule has 2 aromatic rings. The first-order valence-corrected chi connectivity index (χ1v) is 8.61. The monoisotopic (exact) mass is 379 g/mol. The molecule has 1 N–H and O–H groups in total. The summed E-state index contributed by atoms with van der Waals surface area (Å²) >= 11 is 5.05. The third-order valence-corrected chi connectivity index (χ3v) is 5.21. The summed E-state index contributed by atoms with van der Waals surface area (Å²) in [4.78, 5) is 13.2. The Hall–Kier alpha value is -1.46. The lowest BCUT2D eigenvalue weighted by Crippen LogP contribution is -2.14. The maximum Gasteiger partial charge on any atom is 0.234 e. The molecule has 0 bridgehead atoms. The number of hydrogen-bond acceptors (Lipinski definition) is 3. The highest BCUT2D eigenvalue weighted by molar-refractivity contribution is 9.10. The zero-order valence-corrected chi connectivity index (χ0v) is 15.2. The van der Waals surface area contributed by atoms with Gasteiger partial charge < -0.3 is 10.1 Å². The second kappa shape index (κ2) is 7.70. The van der Waals surface area contributed by atoms with Crippen molar-refractivity contribution in [3.8, 4) is 5.75 Å². The number of methoxy groups -OCH3 is 1. The third kappa shape index (κ3) is 4.27. The van der Waals surface area contributed by atoms with Crippen LogP contribution in [0, 0.1) is 13.8 Å². The van der Waals surface area contributed by atoms with Crippen molar-refractivity contribution in [2.24, 2.45) is 0 Å². The summed E-state index contributed by atoms with van der Waals surface area (Å²) in [6.07, 6.45) is 0. The van der Waals surface area contributed by atoms with Crippen molar-refractivity contribution in [2.45, 2.75) is 18.7 Å². The number of carbonyl (C=O) groups excluding carboxylic acids is 1. The second-order valence-corrected chi connectivity index (χ2v) is 6.78. The topological polar surface area (TPSA) is 38.3 Å². The van der Waals surface area contributed by atoms with Gasteiger partial charge in [0.15, 0.2) is 0 Å². The van der Waals surface area contributed by atoms with Crippen molar-refractivity contribution < 1.29 is 9.53 Å². The van der Waals surface area contributed by atoms with E-state index < -0.39 is 0 Å². The van der Waals surface area contributed by atoms with Gasteiger partial charge >= 0.3 is 0 Å². The van der Waals surface area contributed by atoms with Gasteiger partial charge in [-0.2, -0.15) is 0 Å². The number of halogens is 1. The number of anilines is 1. The quantitative estimate of drug-likeness (QED) is 0.757. The Morgan fingerprint density at radius 3 is 2.68 bits per heavy atom. The molecule has 0 aliphatic carbocycles. The minimum Gasteiger partial charge on any atom is -0.495 e. The molecule has 0 aromatic heterocycles. The maximum atomic E-state index is 12.1. The number of benzene rings is 2. The van der Waals surface area contributed by atoms with Crippen molar-refractivity contribution in [3.05, 3.63) is 52.0 Å². The zero-order chi connectivity index (χ0) is 16.1. The van der Waals surface area contributed by atoms with Crippen molar-refractivity contribution in [2.75, 3.05) is 18.2 Å². The molecule has 3 nitrogen and oxygen atoms in total. The predicted molar refractivity (Wildman–Crippen MR) is 96.0 cm³/mol. The fourth-order valence-corrected chi connectivity index (χ4v) is 3.35. The number of hydrogen-bond donors (Lipinski definition) is 1. The third-order valence-electron chi connectivity index (χ3n) is 3.20. The van der Waals surface area contributed by atoms with Gasteiger partial charge in [-0.3, -0.25) is 4.79 Å². The molecule has 0 aliphatic heterocycles. The molecule has 0 saturated heterocycles. The highest BCUT2D eigenvalue weighted by Gasteiger charge is 2.09. The summed E-state index contributed by atoms with van der Waals surface area (Å²) < 4.78 is 6.32. The van der Waals surface area contributed by atoms with Crippen LogP contribution in [0.3, 0.4) is 0 Å². The van der Waals surface area contributed by atoms with Crippen molar-refractivity contribution in [1.82, 2.24) is 0 Å². The summed E-state index contributed by atoms with van der Waals surface area (Å²) in [6, 6.07) is 11.6. The molecule has 0 fully saturated rings. The zero-order valence-electron chi connectivity index (χ0n) is 12.8. The number of thioether (sulfide) groups is 1. The largest absolute Gasteiger partial charge is 0.495 e. The van der Waals surface area contributed by atoms with E-state index in [1.165, 1.54) is 17.3 Å². The van der Waals surface area contributed by atoms with Crippen LogP contribution in [0.25, 0.3) is 0 Å². The standard InChI is InChI=1S/C17H18BrNO2S/c1-11-9-16(12(2)8-13(11)18)22-10-17(20)19-14-6-4-5-7-15(14)21-3/h4-9H,10H2,1-3H3,(H,19,20). The molecule has 2 aromatic carbocycles. The van der Waals surface area contributed by atoms with Gasteiger partial charge in [-0.1, -0.05) is 28.1 Å². The molecule has 5 heteroatoms. The number of nitrogens with one attached hydrogen (secondary N) is 1. The van der Waals surface area contributed by atoms with Crippen LogP contribution in [0.2, 0.25) is 0 Å². The molecule has 0 saturated carbocycles. The Morgan fingerprint density at radius 1 is 1.23 bits per heavy atom. The van der Waals surface area contributed by atoms with Gasteiger partial charge in [0, 0.05) is 9.37 Å². The van der Waals surface area contributed by atoms with E-state index in [0.717, 1.165) is 14.9 Å². The minimum atomic E-state index is -0.0468. The van der Waals surface area contributed by atoms with E-state index >= 15 is 0 Å². The fraction of sp³-hybridized carbons (Fsp3) is 0.235. The van der Waals surface area contributed by atoms with Crippen LogP contribution in [0.1, 0.15) is 11.1 Å². The molecule has 0 atom stereocenters.